The monoisotopic (exact) mass is 366 g/mol. The molecule has 25 heavy (non-hydrogen) atoms. The van der Waals surface area contributed by atoms with Gasteiger partial charge in [-0.2, -0.15) is 0 Å². The molecule has 0 aliphatic carbocycles. The largest absolute Gasteiger partial charge is 0.487 e. The van der Waals surface area contributed by atoms with Crippen LogP contribution in [0, 0.1) is 5.82 Å². The van der Waals surface area contributed by atoms with Crippen molar-refractivity contribution in [3.05, 3.63) is 54.0 Å². The first-order chi connectivity index (χ1) is 11.9. The highest BCUT2D eigenvalue weighted by Crippen LogP contribution is 2.17. The van der Waals surface area contributed by atoms with Crippen LogP contribution in [0.25, 0.3) is 0 Å². The van der Waals surface area contributed by atoms with Gasteiger partial charge < -0.3 is 14.4 Å². The Kier molecular flexibility index (Phi) is 4.84. The highest BCUT2D eigenvalue weighted by Gasteiger charge is 2.25. The van der Waals surface area contributed by atoms with Crippen LogP contribution in [-0.4, -0.2) is 50.6 Å². The van der Waals surface area contributed by atoms with E-state index in [9.17, 15) is 17.6 Å². The highest BCUT2D eigenvalue weighted by molar-refractivity contribution is 7.90. The molecular weight excluding hydrogens is 351 g/mol. The number of fused-ring (bicyclic) bond motifs is 1. The standard InChI is InChI=1S/C16H15FN2O5S/c17-13-3-1-2-4-14(13)23-8-9-24-16(20)12-5-6-15-18-25(21,22)10-7-19(15)11-12/h1-6,11H,7-10H2. The Balaban J connectivity index is 1.52. The second kappa shape index (κ2) is 7.06. The number of halogens is 1. The van der Waals surface area contributed by atoms with Crippen molar-refractivity contribution in [2.75, 3.05) is 25.5 Å². The number of nitrogens with zero attached hydrogens (tertiary/aromatic N) is 2. The van der Waals surface area contributed by atoms with E-state index in [1.807, 2.05) is 0 Å². The fraction of sp³-hybridized carbons (Fsp3) is 0.250. The summed E-state index contributed by atoms with van der Waals surface area (Å²) in [6.07, 6.45) is 4.38. The number of para-hydroxylation sites is 1. The van der Waals surface area contributed by atoms with Crippen molar-refractivity contribution in [1.82, 2.24) is 4.90 Å². The van der Waals surface area contributed by atoms with E-state index in [1.165, 1.54) is 30.5 Å². The maximum absolute atomic E-state index is 13.4. The Hall–Kier alpha value is -2.68. The quantitative estimate of drug-likeness (QED) is 0.576. The van der Waals surface area contributed by atoms with Gasteiger partial charge in [0.15, 0.2) is 11.6 Å². The minimum Gasteiger partial charge on any atom is -0.487 e. The molecular formula is C16H15FN2O5S. The summed E-state index contributed by atoms with van der Waals surface area (Å²) in [5.41, 5.74) is 0.268. The van der Waals surface area contributed by atoms with Crippen LogP contribution in [0.2, 0.25) is 0 Å². The van der Waals surface area contributed by atoms with Crippen molar-refractivity contribution in [2.24, 2.45) is 4.40 Å². The van der Waals surface area contributed by atoms with Gasteiger partial charge in [-0.25, -0.2) is 17.6 Å². The number of benzene rings is 1. The Morgan fingerprint density at radius 2 is 2.04 bits per heavy atom. The average Bonchev–Trinajstić information content (AvgIpc) is 2.58. The Morgan fingerprint density at radius 3 is 2.84 bits per heavy atom. The average molecular weight is 366 g/mol. The molecule has 0 atom stereocenters. The highest BCUT2D eigenvalue weighted by atomic mass is 32.2. The van der Waals surface area contributed by atoms with Gasteiger partial charge in [0.2, 0.25) is 0 Å². The van der Waals surface area contributed by atoms with Gasteiger partial charge in [-0.05, 0) is 24.3 Å². The van der Waals surface area contributed by atoms with E-state index in [1.54, 1.807) is 17.0 Å². The number of carbonyl (C=O) groups is 1. The molecule has 132 valence electrons. The molecule has 0 saturated carbocycles. The van der Waals surface area contributed by atoms with Gasteiger partial charge in [-0.15, -0.1) is 4.40 Å². The lowest BCUT2D eigenvalue weighted by molar-refractivity contribution is -0.139. The molecule has 0 amide bonds. The smallest absolute Gasteiger partial charge is 0.339 e. The van der Waals surface area contributed by atoms with Crippen LogP contribution in [0.5, 0.6) is 5.75 Å². The molecule has 0 fully saturated rings. The fourth-order valence-electron chi connectivity index (χ4n) is 2.25. The number of sulfonamides is 1. The maximum atomic E-state index is 13.4. The van der Waals surface area contributed by atoms with Gasteiger partial charge in [0.25, 0.3) is 10.0 Å². The number of hydrogen-bond acceptors (Lipinski definition) is 6. The lowest BCUT2D eigenvalue weighted by atomic mass is 10.2. The Labute approximate surface area is 144 Å². The first-order valence-electron chi connectivity index (χ1n) is 7.48. The molecule has 2 aliphatic heterocycles. The van der Waals surface area contributed by atoms with E-state index >= 15 is 0 Å². The summed E-state index contributed by atoms with van der Waals surface area (Å²) in [5.74, 6) is -0.824. The number of carbonyl (C=O) groups excluding carboxylic acids is 1. The molecule has 0 unspecified atom stereocenters. The summed E-state index contributed by atoms with van der Waals surface area (Å²) >= 11 is 0. The summed E-state index contributed by atoms with van der Waals surface area (Å²) in [6, 6.07) is 5.94. The van der Waals surface area contributed by atoms with E-state index < -0.39 is 21.8 Å². The zero-order valence-electron chi connectivity index (χ0n) is 13.1. The van der Waals surface area contributed by atoms with Crippen LogP contribution < -0.4 is 4.74 Å². The maximum Gasteiger partial charge on any atom is 0.339 e. The van der Waals surface area contributed by atoms with Gasteiger partial charge in [-0.1, -0.05) is 12.1 Å². The predicted octanol–water partition coefficient (Wildman–Crippen LogP) is 1.25. The zero-order valence-corrected chi connectivity index (χ0v) is 13.9. The van der Waals surface area contributed by atoms with Crippen molar-refractivity contribution in [3.8, 4) is 5.75 Å². The van der Waals surface area contributed by atoms with Gasteiger partial charge >= 0.3 is 5.97 Å². The Morgan fingerprint density at radius 1 is 1.24 bits per heavy atom. The van der Waals surface area contributed by atoms with E-state index in [4.69, 9.17) is 9.47 Å². The van der Waals surface area contributed by atoms with E-state index in [2.05, 4.69) is 4.40 Å². The van der Waals surface area contributed by atoms with Crippen LogP contribution >= 0.6 is 0 Å². The normalized spacial score (nSPS) is 18.0. The van der Waals surface area contributed by atoms with Crippen LogP contribution in [0.1, 0.15) is 0 Å². The Bertz CT molecular complexity index is 876. The molecule has 0 radical (unpaired) electrons. The summed E-state index contributed by atoms with van der Waals surface area (Å²) in [4.78, 5) is 13.6. The van der Waals surface area contributed by atoms with Gasteiger partial charge in [0.05, 0.1) is 11.3 Å². The number of hydrogen-bond donors (Lipinski definition) is 0. The molecule has 0 saturated heterocycles. The zero-order chi connectivity index (χ0) is 17.9. The molecule has 0 bridgehead atoms. The van der Waals surface area contributed by atoms with E-state index in [0.29, 0.717) is 0 Å². The molecule has 0 spiro atoms. The SMILES string of the molecule is O=C(OCCOc1ccccc1F)C1=CN2CCS(=O)(=O)N=C2C=C1. The van der Waals surface area contributed by atoms with E-state index in [-0.39, 0.29) is 42.7 Å². The first-order valence-corrected chi connectivity index (χ1v) is 9.09. The third-order valence-electron chi connectivity index (χ3n) is 3.47. The molecule has 0 N–H and O–H groups in total. The second-order valence-corrected chi connectivity index (χ2v) is 7.02. The fourth-order valence-corrected chi connectivity index (χ4v) is 3.22. The number of rotatable bonds is 5. The molecule has 1 aromatic carbocycles. The second-order valence-electron chi connectivity index (χ2n) is 5.26. The minimum atomic E-state index is -3.44. The van der Waals surface area contributed by atoms with Crippen LogP contribution in [0.3, 0.4) is 0 Å². The first kappa shape index (κ1) is 17.2. The lowest BCUT2D eigenvalue weighted by Gasteiger charge is -2.26. The lowest BCUT2D eigenvalue weighted by Crippen LogP contribution is -2.37. The number of esters is 1. The molecule has 9 heteroatoms. The van der Waals surface area contributed by atoms with Crippen LogP contribution in [0.4, 0.5) is 4.39 Å². The van der Waals surface area contributed by atoms with Gasteiger partial charge in [-0.3, -0.25) is 0 Å². The van der Waals surface area contributed by atoms with Crippen LogP contribution in [0.15, 0.2) is 52.6 Å². The summed E-state index contributed by atoms with van der Waals surface area (Å²) in [7, 11) is -3.44. The topological polar surface area (TPSA) is 85.3 Å². The summed E-state index contributed by atoms with van der Waals surface area (Å²) in [5, 5.41) is 0. The van der Waals surface area contributed by atoms with Gasteiger partial charge in [0.1, 0.15) is 19.0 Å². The molecule has 0 aromatic heterocycles. The molecule has 3 rings (SSSR count). The van der Waals surface area contributed by atoms with Crippen molar-refractivity contribution in [3.63, 3.8) is 0 Å². The van der Waals surface area contributed by atoms with Crippen molar-refractivity contribution < 1.29 is 27.1 Å². The minimum absolute atomic E-state index is 0.0122. The third-order valence-corrected chi connectivity index (χ3v) is 4.63. The van der Waals surface area contributed by atoms with Crippen molar-refractivity contribution >= 4 is 21.8 Å². The number of ether oxygens (including phenoxy) is 2. The predicted molar refractivity (Wildman–Crippen MR) is 88.0 cm³/mol. The molecule has 2 aliphatic rings. The molecule has 1 aromatic rings. The van der Waals surface area contributed by atoms with Crippen molar-refractivity contribution in [2.45, 2.75) is 0 Å². The van der Waals surface area contributed by atoms with Crippen LogP contribution in [-0.2, 0) is 19.6 Å². The summed E-state index contributed by atoms with van der Waals surface area (Å²) in [6.45, 7) is 0.185. The van der Waals surface area contributed by atoms with Crippen molar-refractivity contribution in [1.29, 1.82) is 0 Å². The van der Waals surface area contributed by atoms with Gasteiger partial charge in [0, 0.05) is 12.7 Å². The summed E-state index contributed by atoms with van der Waals surface area (Å²) < 4.78 is 50.1. The third kappa shape index (κ3) is 4.24. The van der Waals surface area contributed by atoms with E-state index in [0.717, 1.165) is 0 Å². The number of amidine groups is 1. The molecule has 7 nitrogen and oxygen atoms in total. The molecule has 2 heterocycles.